The number of primary amides is 1. The van der Waals surface area contributed by atoms with Gasteiger partial charge in [0.1, 0.15) is 18.2 Å². The van der Waals surface area contributed by atoms with Gasteiger partial charge in [-0.05, 0) is 18.2 Å². The van der Waals surface area contributed by atoms with Crippen molar-refractivity contribution < 1.29 is 9.53 Å². The molecule has 1 aromatic heterocycles. The monoisotopic (exact) mass is 336 g/mol. The maximum atomic E-state index is 11.6. The third-order valence-electron chi connectivity index (χ3n) is 3.31. The fraction of sp³-hybridized carbons (Fsp3) is 0.308. The molecule has 0 radical (unpaired) electrons. The normalized spacial score (nSPS) is 19.2. The Kier molecular flexibility index (Phi) is 3.54. The highest BCUT2D eigenvalue weighted by Gasteiger charge is 2.29. The molecule has 1 fully saturated rings. The summed E-state index contributed by atoms with van der Waals surface area (Å²) >= 11 is 3.44. The van der Waals surface area contributed by atoms with Gasteiger partial charge in [-0.1, -0.05) is 15.9 Å². The second-order valence-electron chi connectivity index (χ2n) is 4.55. The van der Waals surface area contributed by atoms with Crippen LogP contribution in [0.25, 0.3) is 10.9 Å². The molecule has 0 aliphatic carbocycles. The summed E-state index contributed by atoms with van der Waals surface area (Å²) in [5.41, 5.74) is 6.28. The summed E-state index contributed by atoms with van der Waals surface area (Å²) in [7, 11) is 0. The van der Waals surface area contributed by atoms with Crippen LogP contribution in [0.2, 0.25) is 0 Å². The number of nitrogens with zero attached hydrogens (tertiary/aromatic N) is 3. The van der Waals surface area contributed by atoms with Crippen molar-refractivity contribution in [1.82, 2.24) is 9.97 Å². The number of ether oxygens (including phenoxy) is 1. The van der Waals surface area contributed by atoms with E-state index in [0.717, 1.165) is 15.4 Å². The standard InChI is InChI=1S/C13H13BrN4O2/c14-8-1-2-10-9(5-8)13(17-7-16-10)18-3-4-20-6-11(18)12(15)19/h1-2,5,7,11H,3-4,6H2,(H2,15,19). The summed E-state index contributed by atoms with van der Waals surface area (Å²) in [4.78, 5) is 22.1. The zero-order chi connectivity index (χ0) is 14.1. The second kappa shape index (κ2) is 5.34. The minimum absolute atomic E-state index is 0.287. The third-order valence-corrected chi connectivity index (χ3v) is 3.80. The van der Waals surface area contributed by atoms with Crippen molar-refractivity contribution in [3.8, 4) is 0 Å². The number of rotatable bonds is 2. The van der Waals surface area contributed by atoms with Gasteiger partial charge in [-0.2, -0.15) is 0 Å². The molecule has 1 aliphatic rings. The molecular weight excluding hydrogens is 324 g/mol. The van der Waals surface area contributed by atoms with Gasteiger partial charge in [-0.3, -0.25) is 4.79 Å². The molecule has 1 saturated heterocycles. The number of amides is 1. The summed E-state index contributed by atoms with van der Waals surface area (Å²) < 4.78 is 6.27. The van der Waals surface area contributed by atoms with Gasteiger partial charge in [-0.25, -0.2) is 9.97 Å². The molecule has 1 amide bonds. The van der Waals surface area contributed by atoms with Crippen LogP contribution in [0.15, 0.2) is 29.0 Å². The zero-order valence-electron chi connectivity index (χ0n) is 10.6. The lowest BCUT2D eigenvalue weighted by atomic mass is 10.1. The number of halogens is 1. The maximum absolute atomic E-state index is 11.6. The minimum Gasteiger partial charge on any atom is -0.377 e. The molecule has 7 heteroatoms. The van der Waals surface area contributed by atoms with E-state index in [0.29, 0.717) is 19.0 Å². The highest BCUT2D eigenvalue weighted by molar-refractivity contribution is 9.10. The van der Waals surface area contributed by atoms with Crippen molar-refractivity contribution in [1.29, 1.82) is 0 Å². The average molecular weight is 337 g/mol. The van der Waals surface area contributed by atoms with E-state index in [1.807, 2.05) is 23.1 Å². The van der Waals surface area contributed by atoms with Gasteiger partial charge in [0.25, 0.3) is 0 Å². The van der Waals surface area contributed by atoms with E-state index in [1.54, 1.807) is 0 Å². The fourth-order valence-corrected chi connectivity index (χ4v) is 2.70. The number of hydrogen-bond donors (Lipinski definition) is 1. The molecule has 0 spiro atoms. The van der Waals surface area contributed by atoms with Crippen molar-refractivity contribution in [3.05, 3.63) is 29.0 Å². The van der Waals surface area contributed by atoms with Crippen LogP contribution in [0.5, 0.6) is 0 Å². The Balaban J connectivity index is 2.12. The van der Waals surface area contributed by atoms with Crippen LogP contribution in [-0.4, -0.2) is 41.7 Å². The number of anilines is 1. The minimum atomic E-state index is -0.499. The Morgan fingerprint density at radius 3 is 3.10 bits per heavy atom. The van der Waals surface area contributed by atoms with Gasteiger partial charge >= 0.3 is 0 Å². The van der Waals surface area contributed by atoms with E-state index >= 15 is 0 Å². The second-order valence-corrected chi connectivity index (χ2v) is 5.46. The van der Waals surface area contributed by atoms with E-state index in [9.17, 15) is 4.79 Å². The first-order valence-electron chi connectivity index (χ1n) is 6.21. The molecular formula is C13H13BrN4O2. The maximum Gasteiger partial charge on any atom is 0.242 e. The predicted octanol–water partition coefficient (Wildman–Crippen LogP) is 1.08. The van der Waals surface area contributed by atoms with Crippen molar-refractivity contribution in [2.45, 2.75) is 6.04 Å². The lowest BCUT2D eigenvalue weighted by molar-refractivity contribution is -0.121. The van der Waals surface area contributed by atoms with Gasteiger partial charge in [0.15, 0.2) is 0 Å². The number of hydrogen-bond acceptors (Lipinski definition) is 5. The summed E-state index contributed by atoms with van der Waals surface area (Å²) in [6.07, 6.45) is 1.50. The summed E-state index contributed by atoms with van der Waals surface area (Å²) in [6, 6.07) is 5.27. The van der Waals surface area contributed by atoms with E-state index in [1.165, 1.54) is 6.33 Å². The van der Waals surface area contributed by atoms with Crippen LogP contribution in [0.3, 0.4) is 0 Å². The SMILES string of the molecule is NC(=O)C1COCCN1c1ncnc2ccc(Br)cc12. The molecule has 1 unspecified atom stereocenters. The van der Waals surface area contributed by atoms with Crippen LogP contribution in [0.4, 0.5) is 5.82 Å². The van der Waals surface area contributed by atoms with E-state index in [4.69, 9.17) is 10.5 Å². The molecule has 3 rings (SSSR count). The molecule has 6 nitrogen and oxygen atoms in total. The number of aromatic nitrogens is 2. The van der Waals surface area contributed by atoms with Crippen molar-refractivity contribution >= 4 is 38.6 Å². The van der Waals surface area contributed by atoms with Crippen LogP contribution in [0, 0.1) is 0 Å². The number of fused-ring (bicyclic) bond motifs is 1. The Labute approximate surface area is 124 Å². The van der Waals surface area contributed by atoms with Crippen molar-refractivity contribution in [2.24, 2.45) is 5.73 Å². The van der Waals surface area contributed by atoms with Gasteiger partial charge < -0.3 is 15.4 Å². The summed E-state index contributed by atoms with van der Waals surface area (Å²) in [6.45, 7) is 1.41. The first-order chi connectivity index (χ1) is 9.66. The highest BCUT2D eigenvalue weighted by atomic mass is 79.9. The van der Waals surface area contributed by atoms with E-state index < -0.39 is 11.9 Å². The third kappa shape index (κ3) is 2.34. The first kappa shape index (κ1) is 13.3. The summed E-state index contributed by atoms with van der Waals surface area (Å²) in [5.74, 6) is 0.301. The van der Waals surface area contributed by atoms with Gasteiger partial charge in [0.2, 0.25) is 5.91 Å². The Hall–Kier alpha value is -1.73. The molecule has 1 aliphatic heterocycles. The van der Waals surface area contributed by atoms with Gasteiger partial charge in [0.05, 0.1) is 18.7 Å². The van der Waals surface area contributed by atoms with Crippen LogP contribution in [0.1, 0.15) is 0 Å². The molecule has 2 heterocycles. The molecule has 2 N–H and O–H groups in total. The number of morpholine rings is 1. The molecule has 104 valence electrons. The van der Waals surface area contributed by atoms with Gasteiger partial charge in [-0.15, -0.1) is 0 Å². The predicted molar refractivity (Wildman–Crippen MR) is 78.4 cm³/mol. The van der Waals surface area contributed by atoms with Crippen LogP contribution >= 0.6 is 15.9 Å². The van der Waals surface area contributed by atoms with Crippen molar-refractivity contribution in [3.63, 3.8) is 0 Å². The largest absolute Gasteiger partial charge is 0.377 e. The molecule has 20 heavy (non-hydrogen) atoms. The average Bonchev–Trinajstić information content (AvgIpc) is 2.46. The Morgan fingerprint density at radius 2 is 2.30 bits per heavy atom. The highest BCUT2D eigenvalue weighted by Crippen LogP contribution is 2.28. The Bertz CT molecular complexity index is 664. The molecule has 2 aromatic rings. The Morgan fingerprint density at radius 1 is 1.45 bits per heavy atom. The first-order valence-corrected chi connectivity index (χ1v) is 7.00. The van der Waals surface area contributed by atoms with E-state index in [2.05, 4.69) is 25.9 Å². The topological polar surface area (TPSA) is 81.3 Å². The smallest absolute Gasteiger partial charge is 0.242 e. The molecule has 1 aromatic carbocycles. The van der Waals surface area contributed by atoms with Crippen molar-refractivity contribution in [2.75, 3.05) is 24.7 Å². The van der Waals surface area contributed by atoms with E-state index in [-0.39, 0.29) is 6.61 Å². The summed E-state index contributed by atoms with van der Waals surface area (Å²) in [5, 5.41) is 0.884. The van der Waals surface area contributed by atoms with Crippen LogP contribution in [-0.2, 0) is 9.53 Å². The number of benzene rings is 1. The molecule has 0 bridgehead atoms. The number of nitrogens with two attached hydrogens (primary N) is 1. The lowest BCUT2D eigenvalue weighted by Crippen LogP contribution is -2.53. The number of carbonyl (C=O) groups excluding carboxylic acids is 1. The molecule has 0 saturated carbocycles. The van der Waals surface area contributed by atoms with Gasteiger partial charge in [0, 0.05) is 16.4 Å². The fourth-order valence-electron chi connectivity index (χ4n) is 2.34. The quantitative estimate of drug-likeness (QED) is 0.887. The van der Waals surface area contributed by atoms with Crippen LogP contribution < -0.4 is 10.6 Å². The molecule has 1 atom stereocenters. The lowest BCUT2D eigenvalue weighted by Gasteiger charge is -2.34. The zero-order valence-corrected chi connectivity index (χ0v) is 12.2. The number of carbonyl (C=O) groups is 1.